The van der Waals surface area contributed by atoms with Crippen LogP contribution >= 0.6 is 0 Å². The fourth-order valence-corrected chi connectivity index (χ4v) is 7.26. The molecule has 1 atom stereocenters. The van der Waals surface area contributed by atoms with E-state index in [0.717, 1.165) is 36.8 Å². The second kappa shape index (κ2) is 11.3. The van der Waals surface area contributed by atoms with E-state index in [1.54, 1.807) is 28.1 Å². The first-order valence-electron chi connectivity index (χ1n) is 14.9. The molecule has 3 fully saturated rings. The number of nitrogens with zero attached hydrogens (tertiary/aromatic N) is 9. The number of pyridine rings is 1. The zero-order valence-electron chi connectivity index (χ0n) is 24.3. The second-order valence-corrected chi connectivity index (χ2v) is 12.3. The van der Waals surface area contributed by atoms with Gasteiger partial charge in [-0.2, -0.15) is 8.78 Å². The van der Waals surface area contributed by atoms with Crippen LogP contribution in [-0.2, 0) is 7.05 Å². The van der Waals surface area contributed by atoms with Gasteiger partial charge in [0.25, 0.3) is 5.91 Å². The van der Waals surface area contributed by atoms with Gasteiger partial charge < -0.3 is 9.47 Å². The molecule has 1 amide bonds. The second-order valence-electron chi connectivity index (χ2n) is 12.3. The number of hydrogen-bond acceptors (Lipinski definition) is 8. The molecule has 44 heavy (non-hydrogen) atoms. The van der Waals surface area contributed by atoms with Crippen molar-refractivity contribution < 1.29 is 18.4 Å². The first kappa shape index (κ1) is 28.4. The Morgan fingerprint density at radius 1 is 0.955 bits per heavy atom. The molecular formula is C31H33F2N9O2. The van der Waals surface area contributed by atoms with Crippen molar-refractivity contribution in [2.24, 2.45) is 18.4 Å². The lowest BCUT2D eigenvalue weighted by atomic mass is 9.46. The summed E-state index contributed by atoms with van der Waals surface area (Å²) in [6.45, 7) is -0.943. The van der Waals surface area contributed by atoms with Crippen molar-refractivity contribution >= 4 is 11.7 Å². The fraction of sp³-hybridized carbons (Fsp3) is 0.452. The summed E-state index contributed by atoms with van der Waals surface area (Å²) in [4.78, 5) is 39.1. The molecule has 2 aliphatic carbocycles. The molecule has 228 valence electrons. The number of Topliss-reactive ketones (excluding diaryl/α,β-unsaturated/α-hetero) is 1. The van der Waals surface area contributed by atoms with Gasteiger partial charge >= 0.3 is 6.55 Å². The summed E-state index contributed by atoms with van der Waals surface area (Å²) >= 11 is 0. The van der Waals surface area contributed by atoms with Gasteiger partial charge in [0.15, 0.2) is 11.6 Å². The van der Waals surface area contributed by atoms with Gasteiger partial charge in [0.2, 0.25) is 5.78 Å². The van der Waals surface area contributed by atoms with Crippen LogP contribution in [0.2, 0.25) is 0 Å². The minimum Gasteiger partial charge on any atom is -0.335 e. The van der Waals surface area contributed by atoms with E-state index in [4.69, 9.17) is 0 Å². The van der Waals surface area contributed by atoms with Crippen molar-refractivity contribution in [3.05, 3.63) is 89.5 Å². The normalized spacial score (nSPS) is 24.2. The van der Waals surface area contributed by atoms with Crippen LogP contribution in [0.4, 0.5) is 8.78 Å². The number of piperazine rings is 1. The van der Waals surface area contributed by atoms with E-state index in [9.17, 15) is 18.4 Å². The number of amides is 1. The summed E-state index contributed by atoms with van der Waals surface area (Å²) < 4.78 is 28.1. The summed E-state index contributed by atoms with van der Waals surface area (Å²) in [5, 5.41) is 11.4. The average molecular weight is 602 g/mol. The standard InChI is InChI=1S/C31H33F2N9O2/c1-39-10-9-35-28(39)26(43)23-18-31(19-23)16-22(17-31)21-7-8-34-24(15-21)29(44)41-13-11-40(12-14-41)25(20-5-3-2-4-6-20)27-36-38-42(37-27)30(32)33/h2-10,15,22-23,25,30H,11-14,16-19H2,1H3/t22?,23?,25-,31?/m1/s1. The summed E-state index contributed by atoms with van der Waals surface area (Å²) in [5.41, 5.74) is 2.62. The molecular weight excluding hydrogens is 568 g/mol. The van der Waals surface area contributed by atoms with Gasteiger partial charge in [-0.15, -0.1) is 10.2 Å². The highest BCUT2D eigenvalue weighted by atomic mass is 19.3. The molecule has 13 heteroatoms. The van der Waals surface area contributed by atoms with Crippen molar-refractivity contribution in [1.82, 2.24) is 44.5 Å². The fourth-order valence-electron chi connectivity index (χ4n) is 7.26. The quantitative estimate of drug-likeness (QED) is 0.280. The topological polar surface area (TPSA) is 115 Å². The van der Waals surface area contributed by atoms with Crippen LogP contribution in [-0.4, -0.2) is 82.4 Å². The number of ketones is 1. The third-order valence-corrected chi connectivity index (χ3v) is 9.55. The highest BCUT2D eigenvalue weighted by Crippen LogP contribution is 2.64. The maximum absolute atomic E-state index is 13.5. The molecule has 11 nitrogen and oxygen atoms in total. The van der Waals surface area contributed by atoms with Gasteiger partial charge in [-0.3, -0.25) is 19.5 Å². The maximum atomic E-state index is 13.5. The van der Waals surface area contributed by atoms with Crippen LogP contribution in [0.5, 0.6) is 0 Å². The molecule has 0 bridgehead atoms. The van der Waals surface area contributed by atoms with E-state index in [2.05, 4.69) is 30.3 Å². The summed E-state index contributed by atoms with van der Waals surface area (Å²) in [6.07, 6.45) is 8.99. The number of imidazole rings is 1. The monoisotopic (exact) mass is 601 g/mol. The Labute approximate surface area is 252 Å². The van der Waals surface area contributed by atoms with Gasteiger partial charge in [-0.05, 0) is 65.5 Å². The Balaban J connectivity index is 0.968. The highest BCUT2D eigenvalue weighted by Gasteiger charge is 2.55. The number of halogens is 2. The first-order chi connectivity index (χ1) is 21.3. The van der Waals surface area contributed by atoms with Crippen molar-refractivity contribution in [1.29, 1.82) is 0 Å². The van der Waals surface area contributed by atoms with Crippen molar-refractivity contribution in [2.75, 3.05) is 26.2 Å². The van der Waals surface area contributed by atoms with E-state index in [1.807, 2.05) is 49.5 Å². The number of alkyl halides is 2. The lowest BCUT2D eigenvalue weighted by Gasteiger charge is -2.57. The zero-order chi connectivity index (χ0) is 30.4. The van der Waals surface area contributed by atoms with Gasteiger partial charge in [0.1, 0.15) is 5.69 Å². The lowest BCUT2D eigenvalue weighted by Crippen LogP contribution is -2.50. The molecule has 3 aromatic heterocycles. The summed E-state index contributed by atoms with van der Waals surface area (Å²) in [5.74, 6) is 1.13. The molecule has 0 radical (unpaired) electrons. The van der Waals surface area contributed by atoms with Crippen molar-refractivity contribution in [3.63, 3.8) is 0 Å². The smallest absolute Gasteiger partial charge is 0.335 e. The van der Waals surface area contributed by atoms with Gasteiger partial charge in [-0.25, -0.2) is 4.98 Å². The number of benzene rings is 1. The first-order valence-corrected chi connectivity index (χ1v) is 14.9. The molecule has 4 heterocycles. The van der Waals surface area contributed by atoms with Crippen molar-refractivity contribution in [3.8, 4) is 0 Å². The number of carbonyl (C=O) groups is 2. The number of rotatable bonds is 8. The van der Waals surface area contributed by atoms with Crippen LogP contribution in [0.15, 0.2) is 61.1 Å². The molecule has 3 aliphatic rings. The number of tetrazole rings is 1. The number of hydrogen-bond donors (Lipinski definition) is 0. The van der Waals surface area contributed by atoms with Crippen LogP contribution in [0.25, 0.3) is 0 Å². The summed E-state index contributed by atoms with van der Waals surface area (Å²) in [7, 11) is 1.85. The van der Waals surface area contributed by atoms with Crippen LogP contribution in [0, 0.1) is 11.3 Å². The van der Waals surface area contributed by atoms with E-state index < -0.39 is 12.6 Å². The molecule has 1 spiro atoms. The van der Waals surface area contributed by atoms with Gasteiger partial charge in [0.05, 0.1) is 6.04 Å². The molecule has 4 aromatic rings. The van der Waals surface area contributed by atoms with E-state index in [-0.39, 0.29) is 28.8 Å². The molecule has 1 aromatic carbocycles. The Hall–Kier alpha value is -4.39. The predicted molar refractivity (Wildman–Crippen MR) is 154 cm³/mol. The van der Waals surface area contributed by atoms with E-state index >= 15 is 0 Å². The molecule has 0 unspecified atom stereocenters. The largest absolute Gasteiger partial charge is 0.350 e. The lowest BCUT2D eigenvalue weighted by molar-refractivity contribution is -0.0315. The Kier molecular flexibility index (Phi) is 7.27. The van der Waals surface area contributed by atoms with Gasteiger partial charge in [-0.1, -0.05) is 35.1 Å². The Morgan fingerprint density at radius 3 is 2.36 bits per heavy atom. The van der Waals surface area contributed by atoms with E-state index in [0.29, 0.717) is 48.4 Å². The van der Waals surface area contributed by atoms with Gasteiger partial charge in [0, 0.05) is 57.7 Å². The Bertz CT molecular complexity index is 1650. The highest BCUT2D eigenvalue weighted by molar-refractivity contribution is 5.95. The molecule has 1 saturated heterocycles. The zero-order valence-corrected chi connectivity index (χ0v) is 24.3. The van der Waals surface area contributed by atoms with Crippen LogP contribution in [0.1, 0.15) is 82.3 Å². The third-order valence-electron chi connectivity index (χ3n) is 9.55. The minimum atomic E-state index is -2.87. The predicted octanol–water partition coefficient (Wildman–Crippen LogP) is 3.90. The number of carbonyl (C=O) groups excluding carboxylic acids is 2. The minimum absolute atomic E-state index is 0.0406. The summed E-state index contributed by atoms with van der Waals surface area (Å²) in [6, 6.07) is 12.9. The molecule has 7 rings (SSSR count). The third kappa shape index (κ3) is 5.18. The maximum Gasteiger partial charge on any atom is 0.350 e. The Morgan fingerprint density at radius 2 is 1.70 bits per heavy atom. The SMILES string of the molecule is Cn1ccnc1C(=O)C1CC2(C1)CC(c1ccnc(C(=O)N3CCN([C@H](c4ccccc4)c4nnn(C(F)F)n4)CC3)c1)C2. The number of aryl methyl sites for hydroxylation is 1. The average Bonchev–Trinajstić information content (AvgIpc) is 3.66. The molecule has 2 saturated carbocycles. The number of aromatic nitrogens is 7. The van der Waals surface area contributed by atoms with E-state index in [1.165, 1.54) is 0 Å². The van der Waals surface area contributed by atoms with Crippen LogP contribution < -0.4 is 0 Å². The molecule has 1 aliphatic heterocycles. The van der Waals surface area contributed by atoms with Crippen molar-refractivity contribution in [2.45, 2.75) is 44.2 Å². The van der Waals surface area contributed by atoms with Crippen LogP contribution in [0.3, 0.4) is 0 Å². The molecule has 0 N–H and O–H groups in total.